The van der Waals surface area contributed by atoms with Crippen molar-refractivity contribution < 1.29 is 23.8 Å². The van der Waals surface area contributed by atoms with Gasteiger partial charge in [-0.15, -0.1) is 0 Å². The minimum atomic E-state index is -0.308. The second-order valence-corrected chi connectivity index (χ2v) is 6.00. The molecule has 1 heterocycles. The van der Waals surface area contributed by atoms with E-state index in [2.05, 4.69) is 10.6 Å². The summed E-state index contributed by atoms with van der Waals surface area (Å²) in [6.45, 7) is 0.894. The van der Waals surface area contributed by atoms with Crippen molar-refractivity contribution in [1.29, 1.82) is 0 Å². The van der Waals surface area contributed by atoms with Crippen LogP contribution in [0.5, 0.6) is 17.2 Å². The third kappa shape index (κ3) is 5.13. The van der Waals surface area contributed by atoms with Crippen molar-refractivity contribution in [3.8, 4) is 17.2 Å². The third-order valence-corrected chi connectivity index (χ3v) is 4.09. The van der Waals surface area contributed by atoms with Crippen molar-refractivity contribution in [2.24, 2.45) is 0 Å². The second kappa shape index (κ2) is 8.93. The van der Waals surface area contributed by atoms with E-state index in [4.69, 9.17) is 14.2 Å². The predicted molar refractivity (Wildman–Crippen MR) is 100 cm³/mol. The lowest BCUT2D eigenvalue weighted by Crippen LogP contribution is -2.33. The Kier molecular flexibility index (Phi) is 6.14. The molecule has 27 heavy (non-hydrogen) atoms. The molecule has 7 heteroatoms. The first-order valence-electron chi connectivity index (χ1n) is 8.74. The van der Waals surface area contributed by atoms with Gasteiger partial charge in [-0.3, -0.25) is 9.59 Å². The summed E-state index contributed by atoms with van der Waals surface area (Å²) in [6, 6.07) is 12.7. The van der Waals surface area contributed by atoms with E-state index in [9.17, 15) is 9.59 Å². The van der Waals surface area contributed by atoms with E-state index in [0.717, 1.165) is 11.3 Å². The quantitative estimate of drug-likeness (QED) is 0.780. The summed E-state index contributed by atoms with van der Waals surface area (Å²) in [5.41, 5.74) is 1.54. The van der Waals surface area contributed by atoms with Gasteiger partial charge < -0.3 is 24.8 Å². The van der Waals surface area contributed by atoms with Crippen LogP contribution in [0.2, 0.25) is 0 Å². The van der Waals surface area contributed by atoms with E-state index in [1.54, 1.807) is 25.3 Å². The average Bonchev–Trinajstić information content (AvgIpc) is 2.70. The van der Waals surface area contributed by atoms with Crippen LogP contribution in [0.4, 0.5) is 5.69 Å². The number of anilines is 1. The Morgan fingerprint density at radius 1 is 1.04 bits per heavy atom. The number of aryl methyl sites for hydroxylation is 1. The minimum Gasteiger partial charge on any atom is -0.496 e. The molecule has 7 nitrogen and oxygen atoms in total. The Bertz CT molecular complexity index is 822. The zero-order valence-corrected chi connectivity index (χ0v) is 15.1. The lowest BCUT2D eigenvalue weighted by atomic mass is 10.1. The monoisotopic (exact) mass is 370 g/mol. The van der Waals surface area contributed by atoms with Crippen LogP contribution in [0.1, 0.15) is 12.0 Å². The molecule has 0 atom stereocenters. The molecule has 0 saturated heterocycles. The lowest BCUT2D eigenvalue weighted by Gasteiger charge is -2.19. The summed E-state index contributed by atoms with van der Waals surface area (Å²) in [7, 11) is 1.60. The molecule has 3 rings (SSSR count). The van der Waals surface area contributed by atoms with Gasteiger partial charge in [0.25, 0.3) is 0 Å². The number of rotatable bonds is 7. The fourth-order valence-corrected chi connectivity index (χ4v) is 2.75. The van der Waals surface area contributed by atoms with Crippen LogP contribution in [0.15, 0.2) is 42.5 Å². The van der Waals surface area contributed by atoms with Crippen LogP contribution < -0.4 is 24.8 Å². The number of para-hydroxylation sites is 1. The number of ether oxygens (including phenoxy) is 3. The van der Waals surface area contributed by atoms with Crippen molar-refractivity contribution in [3.63, 3.8) is 0 Å². The molecule has 2 N–H and O–H groups in total. The van der Waals surface area contributed by atoms with Gasteiger partial charge in [-0.25, -0.2) is 0 Å². The molecule has 2 aromatic rings. The molecular weight excluding hydrogens is 348 g/mol. The van der Waals surface area contributed by atoms with Gasteiger partial charge in [0.05, 0.1) is 13.7 Å². The van der Waals surface area contributed by atoms with Crippen molar-refractivity contribution in [3.05, 3.63) is 48.0 Å². The van der Waals surface area contributed by atoms with Gasteiger partial charge in [0.1, 0.15) is 19.0 Å². The van der Waals surface area contributed by atoms with Crippen LogP contribution in [0.3, 0.4) is 0 Å². The summed E-state index contributed by atoms with van der Waals surface area (Å²) in [4.78, 5) is 24.0. The van der Waals surface area contributed by atoms with Crippen molar-refractivity contribution in [2.45, 2.75) is 12.8 Å². The molecular formula is C20H22N2O5. The minimum absolute atomic E-state index is 0.0980. The van der Waals surface area contributed by atoms with Gasteiger partial charge >= 0.3 is 0 Å². The number of hydrogen-bond acceptors (Lipinski definition) is 5. The Labute approximate surface area is 157 Å². The van der Waals surface area contributed by atoms with Crippen molar-refractivity contribution in [1.82, 2.24) is 5.32 Å². The lowest BCUT2D eigenvalue weighted by molar-refractivity contribution is -0.124. The SMILES string of the molecule is COc1ccccc1CCC(=O)NCC(=O)Nc1ccc2c(c1)OCCO2. The molecule has 1 aliphatic heterocycles. The number of methoxy groups -OCH3 is 1. The Morgan fingerprint density at radius 2 is 1.81 bits per heavy atom. The predicted octanol–water partition coefficient (Wildman–Crippen LogP) is 2.15. The van der Waals surface area contributed by atoms with Crippen molar-refractivity contribution >= 4 is 17.5 Å². The summed E-state index contributed by atoms with van der Waals surface area (Å²) in [5.74, 6) is 1.50. The Morgan fingerprint density at radius 3 is 2.63 bits per heavy atom. The fraction of sp³-hybridized carbons (Fsp3) is 0.300. The third-order valence-electron chi connectivity index (χ3n) is 4.09. The smallest absolute Gasteiger partial charge is 0.243 e. The largest absolute Gasteiger partial charge is 0.496 e. The van der Waals surface area contributed by atoms with E-state index in [1.807, 2.05) is 24.3 Å². The molecule has 2 amide bonds. The number of benzene rings is 2. The maximum atomic E-state index is 12.0. The first-order chi connectivity index (χ1) is 13.2. The molecule has 1 aliphatic rings. The first kappa shape index (κ1) is 18.6. The van der Waals surface area contributed by atoms with Gasteiger partial charge in [0.15, 0.2) is 11.5 Å². The molecule has 0 radical (unpaired) electrons. The topological polar surface area (TPSA) is 85.9 Å². The maximum Gasteiger partial charge on any atom is 0.243 e. The molecule has 2 aromatic carbocycles. The average molecular weight is 370 g/mol. The molecule has 0 fully saturated rings. The van der Waals surface area contributed by atoms with E-state index in [-0.39, 0.29) is 24.8 Å². The van der Waals surface area contributed by atoms with Gasteiger partial charge in [-0.1, -0.05) is 18.2 Å². The second-order valence-electron chi connectivity index (χ2n) is 6.00. The molecule has 0 saturated carbocycles. The first-order valence-corrected chi connectivity index (χ1v) is 8.74. The number of fused-ring (bicyclic) bond motifs is 1. The van der Waals surface area contributed by atoms with Crippen LogP contribution in [-0.4, -0.2) is 38.7 Å². The molecule has 0 aromatic heterocycles. The van der Waals surface area contributed by atoms with Crippen molar-refractivity contribution in [2.75, 3.05) is 32.2 Å². The zero-order valence-electron chi connectivity index (χ0n) is 15.1. The highest BCUT2D eigenvalue weighted by Crippen LogP contribution is 2.32. The summed E-state index contributed by atoms with van der Waals surface area (Å²) in [6.07, 6.45) is 0.817. The number of amides is 2. The Hall–Kier alpha value is -3.22. The van der Waals surface area contributed by atoms with Crippen LogP contribution in [0, 0.1) is 0 Å². The normalized spacial score (nSPS) is 12.2. The van der Waals surface area contributed by atoms with E-state index < -0.39 is 0 Å². The summed E-state index contributed by atoms with van der Waals surface area (Å²) < 4.78 is 16.2. The molecule has 142 valence electrons. The van der Waals surface area contributed by atoms with E-state index in [1.165, 1.54) is 0 Å². The van der Waals surface area contributed by atoms with Gasteiger partial charge in [-0.2, -0.15) is 0 Å². The summed E-state index contributed by atoms with van der Waals surface area (Å²) >= 11 is 0. The van der Waals surface area contributed by atoms with Gasteiger partial charge in [-0.05, 0) is 30.2 Å². The molecule has 0 aliphatic carbocycles. The van der Waals surface area contributed by atoms with Gasteiger partial charge in [0, 0.05) is 18.2 Å². The Balaban J connectivity index is 1.44. The summed E-state index contributed by atoms with van der Waals surface area (Å²) in [5, 5.41) is 5.36. The highest BCUT2D eigenvalue weighted by atomic mass is 16.6. The number of carbonyl (C=O) groups excluding carboxylic acids is 2. The molecule has 0 unspecified atom stereocenters. The molecule has 0 spiro atoms. The highest BCUT2D eigenvalue weighted by Gasteiger charge is 2.13. The van der Waals surface area contributed by atoms with Crippen LogP contribution >= 0.6 is 0 Å². The zero-order chi connectivity index (χ0) is 19.1. The van der Waals surface area contributed by atoms with Crippen LogP contribution in [0.25, 0.3) is 0 Å². The fourth-order valence-electron chi connectivity index (χ4n) is 2.75. The number of nitrogens with one attached hydrogen (secondary N) is 2. The number of hydrogen-bond donors (Lipinski definition) is 2. The van der Waals surface area contributed by atoms with E-state index >= 15 is 0 Å². The van der Waals surface area contributed by atoms with Crippen LogP contribution in [-0.2, 0) is 16.0 Å². The maximum absolute atomic E-state index is 12.0. The van der Waals surface area contributed by atoms with E-state index in [0.29, 0.717) is 36.8 Å². The number of carbonyl (C=O) groups is 2. The van der Waals surface area contributed by atoms with Gasteiger partial charge in [0.2, 0.25) is 11.8 Å². The molecule has 0 bridgehead atoms. The highest BCUT2D eigenvalue weighted by molar-refractivity contribution is 5.94. The standard InChI is InChI=1S/C20H22N2O5/c1-25-16-5-3-2-4-14(16)6-9-19(23)21-13-20(24)22-15-7-8-17-18(12-15)27-11-10-26-17/h2-5,7-8,12H,6,9-11,13H2,1H3,(H,21,23)(H,22,24).